The number of nitro groups is 1. The average Bonchev–Trinajstić information content (AvgIpc) is 2.42. The topological polar surface area (TPSA) is 55.2 Å². The third kappa shape index (κ3) is 4.63. The van der Waals surface area contributed by atoms with Crippen LogP contribution < -0.4 is 5.32 Å². The average molecular weight is 303 g/mol. The van der Waals surface area contributed by atoms with Crippen LogP contribution in [0.25, 0.3) is 0 Å². The van der Waals surface area contributed by atoms with Crippen LogP contribution in [0.15, 0.2) is 12.1 Å². The van der Waals surface area contributed by atoms with E-state index in [4.69, 9.17) is 11.6 Å². The van der Waals surface area contributed by atoms with Crippen LogP contribution in [0.3, 0.4) is 0 Å². The van der Waals surface area contributed by atoms with Gasteiger partial charge in [-0.1, -0.05) is 44.7 Å². The van der Waals surface area contributed by atoms with E-state index < -0.39 is 10.7 Å². The summed E-state index contributed by atoms with van der Waals surface area (Å²) < 4.78 is 13.3. The minimum Gasteiger partial charge on any atom is -0.379 e. The van der Waals surface area contributed by atoms with E-state index in [9.17, 15) is 14.5 Å². The first-order chi connectivity index (χ1) is 9.49. The molecular formula is C14H20ClFN2O2. The lowest BCUT2D eigenvalue weighted by molar-refractivity contribution is -0.384. The van der Waals surface area contributed by atoms with Crippen LogP contribution in [-0.4, -0.2) is 11.5 Å². The number of nitro benzene ring substituents is 1. The predicted molar refractivity (Wildman–Crippen MR) is 79.9 cm³/mol. The van der Waals surface area contributed by atoms with Gasteiger partial charge >= 0.3 is 0 Å². The Balaban J connectivity index is 2.80. The van der Waals surface area contributed by atoms with Gasteiger partial charge in [-0.3, -0.25) is 10.1 Å². The fourth-order valence-electron chi connectivity index (χ4n) is 2.03. The van der Waals surface area contributed by atoms with Crippen LogP contribution in [0.2, 0.25) is 5.02 Å². The molecule has 112 valence electrons. The molecule has 1 atom stereocenters. The number of hydrogen-bond acceptors (Lipinski definition) is 3. The van der Waals surface area contributed by atoms with Crippen molar-refractivity contribution in [3.8, 4) is 0 Å². The summed E-state index contributed by atoms with van der Waals surface area (Å²) in [6, 6.07) is 2.14. The third-order valence-corrected chi connectivity index (χ3v) is 3.65. The Morgan fingerprint density at radius 2 is 2.15 bits per heavy atom. The summed E-state index contributed by atoms with van der Waals surface area (Å²) in [7, 11) is 0. The molecule has 1 unspecified atom stereocenters. The van der Waals surface area contributed by atoms with Gasteiger partial charge in [-0.05, 0) is 18.4 Å². The van der Waals surface area contributed by atoms with Gasteiger partial charge in [-0.15, -0.1) is 0 Å². The normalized spacial score (nSPS) is 12.2. The molecule has 0 amide bonds. The molecule has 1 aromatic rings. The number of nitrogens with one attached hydrogen (secondary N) is 1. The first-order valence-electron chi connectivity index (χ1n) is 6.86. The smallest absolute Gasteiger partial charge is 0.295 e. The molecule has 0 saturated carbocycles. The number of rotatable bonds is 8. The minimum absolute atomic E-state index is 0.111. The summed E-state index contributed by atoms with van der Waals surface area (Å²) in [6.07, 6.45) is 4.32. The molecular weight excluding hydrogens is 283 g/mol. The van der Waals surface area contributed by atoms with E-state index in [2.05, 4.69) is 19.2 Å². The summed E-state index contributed by atoms with van der Waals surface area (Å²) in [4.78, 5) is 10.3. The van der Waals surface area contributed by atoms with Crippen molar-refractivity contribution < 1.29 is 9.31 Å². The molecule has 0 aliphatic rings. The lowest BCUT2D eigenvalue weighted by Crippen LogP contribution is -2.14. The maximum Gasteiger partial charge on any atom is 0.295 e. The zero-order valence-electron chi connectivity index (χ0n) is 11.8. The molecule has 0 aliphatic heterocycles. The van der Waals surface area contributed by atoms with Gasteiger partial charge in [0.2, 0.25) is 0 Å². The Morgan fingerprint density at radius 1 is 1.45 bits per heavy atom. The van der Waals surface area contributed by atoms with Gasteiger partial charge in [0.25, 0.3) is 5.69 Å². The standard InChI is InChI=1S/C14H20ClFN2O2/c1-3-5-6-10(4-2)9-17-13-7-11(15)12(16)8-14(13)18(19)20/h7-8,10,17H,3-6,9H2,1-2H3. The van der Waals surface area contributed by atoms with Gasteiger partial charge in [-0.2, -0.15) is 0 Å². The Morgan fingerprint density at radius 3 is 2.70 bits per heavy atom. The molecule has 0 aliphatic carbocycles. The van der Waals surface area contributed by atoms with E-state index in [1.807, 2.05) is 0 Å². The second-order valence-electron chi connectivity index (χ2n) is 4.84. The van der Waals surface area contributed by atoms with Crippen LogP contribution in [0.1, 0.15) is 39.5 Å². The van der Waals surface area contributed by atoms with Gasteiger partial charge in [0, 0.05) is 6.54 Å². The van der Waals surface area contributed by atoms with E-state index in [1.165, 1.54) is 6.07 Å². The Bertz CT molecular complexity index is 469. The zero-order chi connectivity index (χ0) is 15.1. The first-order valence-corrected chi connectivity index (χ1v) is 7.24. The molecule has 6 heteroatoms. The van der Waals surface area contributed by atoms with Crippen LogP contribution in [-0.2, 0) is 0 Å². The largest absolute Gasteiger partial charge is 0.379 e. The van der Waals surface area contributed by atoms with Crippen LogP contribution in [0, 0.1) is 21.8 Å². The van der Waals surface area contributed by atoms with Gasteiger partial charge in [0.05, 0.1) is 16.0 Å². The van der Waals surface area contributed by atoms with Crippen molar-refractivity contribution in [2.24, 2.45) is 5.92 Å². The number of benzene rings is 1. The van der Waals surface area contributed by atoms with Gasteiger partial charge in [0.15, 0.2) is 0 Å². The van der Waals surface area contributed by atoms with Crippen LogP contribution in [0.4, 0.5) is 15.8 Å². The molecule has 0 aromatic heterocycles. The van der Waals surface area contributed by atoms with Gasteiger partial charge in [0.1, 0.15) is 11.5 Å². The number of halogens is 2. The predicted octanol–water partition coefficient (Wildman–Crippen LogP) is 5.02. The van der Waals surface area contributed by atoms with E-state index in [-0.39, 0.29) is 16.4 Å². The molecule has 0 fully saturated rings. The van der Waals surface area contributed by atoms with Crippen molar-refractivity contribution in [2.45, 2.75) is 39.5 Å². The molecule has 0 heterocycles. The van der Waals surface area contributed by atoms with Crippen molar-refractivity contribution in [1.82, 2.24) is 0 Å². The molecule has 1 rings (SSSR count). The maximum atomic E-state index is 13.3. The molecule has 4 nitrogen and oxygen atoms in total. The SMILES string of the molecule is CCCCC(CC)CNc1cc(Cl)c(F)cc1[N+](=O)[O-]. The lowest BCUT2D eigenvalue weighted by atomic mass is 9.99. The summed E-state index contributed by atoms with van der Waals surface area (Å²) in [5, 5.41) is 13.8. The highest BCUT2D eigenvalue weighted by atomic mass is 35.5. The fourth-order valence-corrected chi connectivity index (χ4v) is 2.19. The number of unbranched alkanes of at least 4 members (excludes halogenated alkanes) is 1. The number of nitrogens with zero attached hydrogens (tertiary/aromatic N) is 1. The molecule has 20 heavy (non-hydrogen) atoms. The van der Waals surface area contributed by atoms with Crippen molar-refractivity contribution in [3.05, 3.63) is 33.1 Å². The highest BCUT2D eigenvalue weighted by Crippen LogP contribution is 2.30. The van der Waals surface area contributed by atoms with Crippen LogP contribution >= 0.6 is 11.6 Å². The maximum absolute atomic E-state index is 13.3. The third-order valence-electron chi connectivity index (χ3n) is 3.36. The van der Waals surface area contributed by atoms with Gasteiger partial charge < -0.3 is 5.32 Å². The summed E-state index contributed by atoms with van der Waals surface area (Å²) >= 11 is 5.69. The van der Waals surface area contributed by atoms with E-state index in [1.54, 1.807) is 0 Å². The highest BCUT2D eigenvalue weighted by molar-refractivity contribution is 6.31. The van der Waals surface area contributed by atoms with Gasteiger partial charge in [-0.25, -0.2) is 4.39 Å². The van der Waals surface area contributed by atoms with E-state index >= 15 is 0 Å². The Labute approximate surface area is 123 Å². The van der Waals surface area contributed by atoms with E-state index in [0.717, 1.165) is 31.7 Å². The molecule has 0 saturated heterocycles. The molecule has 0 bridgehead atoms. The zero-order valence-corrected chi connectivity index (χ0v) is 12.5. The minimum atomic E-state index is -0.776. The second-order valence-corrected chi connectivity index (χ2v) is 5.25. The van der Waals surface area contributed by atoms with E-state index in [0.29, 0.717) is 12.5 Å². The molecule has 1 aromatic carbocycles. The Hall–Kier alpha value is -1.36. The monoisotopic (exact) mass is 302 g/mol. The van der Waals surface area contributed by atoms with Crippen molar-refractivity contribution in [1.29, 1.82) is 0 Å². The highest BCUT2D eigenvalue weighted by Gasteiger charge is 2.18. The second kappa shape index (κ2) is 8.04. The first kappa shape index (κ1) is 16.7. The molecule has 0 radical (unpaired) electrons. The summed E-state index contributed by atoms with van der Waals surface area (Å²) in [5.74, 6) is -0.333. The van der Waals surface area contributed by atoms with Crippen molar-refractivity contribution in [2.75, 3.05) is 11.9 Å². The fraction of sp³-hybridized carbons (Fsp3) is 0.571. The lowest BCUT2D eigenvalue weighted by Gasteiger charge is -2.16. The molecule has 0 spiro atoms. The number of hydrogen-bond donors (Lipinski definition) is 1. The quantitative estimate of drug-likeness (QED) is 0.542. The van der Waals surface area contributed by atoms with Crippen LogP contribution in [0.5, 0.6) is 0 Å². The van der Waals surface area contributed by atoms with Crippen molar-refractivity contribution >= 4 is 23.0 Å². The van der Waals surface area contributed by atoms with Crippen molar-refractivity contribution in [3.63, 3.8) is 0 Å². The summed E-state index contributed by atoms with van der Waals surface area (Å²) in [5.41, 5.74) is -0.00593. The molecule has 1 N–H and O–H groups in total. The Kier molecular flexibility index (Phi) is 6.71. The summed E-state index contributed by atoms with van der Waals surface area (Å²) in [6.45, 7) is 4.85. The number of anilines is 1.